The van der Waals surface area contributed by atoms with Crippen molar-refractivity contribution in [2.45, 2.75) is 11.8 Å². The van der Waals surface area contributed by atoms with E-state index in [2.05, 4.69) is 20.7 Å². The normalized spacial score (nSPS) is 19.4. The fraction of sp³-hybridized carbons (Fsp3) is 0.579. The van der Waals surface area contributed by atoms with Crippen molar-refractivity contribution in [2.24, 2.45) is 5.10 Å². The van der Waals surface area contributed by atoms with Gasteiger partial charge in [-0.05, 0) is 36.8 Å². The number of ether oxygens (including phenoxy) is 2. The zero-order valence-corrected chi connectivity index (χ0v) is 18.8. The third kappa shape index (κ3) is 6.43. The van der Waals surface area contributed by atoms with Crippen LogP contribution in [0.2, 0.25) is 0 Å². The van der Waals surface area contributed by atoms with E-state index in [0.717, 1.165) is 45.0 Å². The van der Waals surface area contributed by atoms with Crippen LogP contribution in [0.25, 0.3) is 0 Å². The monoisotopic (exact) mass is 455 g/mol. The molecule has 0 aromatic heterocycles. The Labute approximate surface area is 183 Å². The predicted molar refractivity (Wildman–Crippen MR) is 119 cm³/mol. The first-order chi connectivity index (χ1) is 14.5. The van der Waals surface area contributed by atoms with E-state index >= 15 is 0 Å². The SMILES string of the molecule is C/C(=N\NC(=S)NCCN1CCOCC1)c1ccc(S(=O)(=O)N2CCOCC2)cc1. The molecule has 0 bridgehead atoms. The molecule has 2 fully saturated rings. The van der Waals surface area contributed by atoms with Gasteiger partial charge < -0.3 is 14.8 Å². The summed E-state index contributed by atoms with van der Waals surface area (Å²) in [7, 11) is -3.49. The molecule has 30 heavy (non-hydrogen) atoms. The lowest BCUT2D eigenvalue weighted by Crippen LogP contribution is -2.42. The lowest BCUT2D eigenvalue weighted by atomic mass is 10.1. The number of sulfonamides is 1. The van der Waals surface area contributed by atoms with Gasteiger partial charge in [0.1, 0.15) is 0 Å². The summed E-state index contributed by atoms with van der Waals surface area (Å²) in [6.07, 6.45) is 0. The number of benzene rings is 1. The average Bonchev–Trinajstić information content (AvgIpc) is 2.79. The molecule has 0 radical (unpaired) electrons. The highest BCUT2D eigenvalue weighted by Gasteiger charge is 2.26. The Morgan fingerprint density at radius 1 is 1.07 bits per heavy atom. The number of rotatable bonds is 7. The highest BCUT2D eigenvalue weighted by atomic mass is 32.2. The summed E-state index contributed by atoms with van der Waals surface area (Å²) in [6, 6.07) is 6.72. The van der Waals surface area contributed by atoms with Crippen molar-refractivity contribution in [1.82, 2.24) is 19.9 Å². The maximum Gasteiger partial charge on any atom is 0.243 e. The summed E-state index contributed by atoms with van der Waals surface area (Å²) >= 11 is 5.26. The number of hydrogen-bond acceptors (Lipinski definition) is 7. The molecule has 0 saturated carbocycles. The molecule has 166 valence electrons. The lowest BCUT2D eigenvalue weighted by molar-refractivity contribution is 0.0389. The summed E-state index contributed by atoms with van der Waals surface area (Å²) in [5.74, 6) is 0. The molecule has 11 heteroatoms. The van der Waals surface area contributed by atoms with Crippen LogP contribution in [0, 0.1) is 0 Å². The molecule has 2 aliphatic heterocycles. The molecule has 0 spiro atoms. The van der Waals surface area contributed by atoms with Gasteiger partial charge >= 0.3 is 0 Å². The standard InChI is InChI=1S/C19H29N5O4S2/c1-16(21-22-19(29)20-6-7-23-8-12-27-13-9-23)17-2-4-18(5-3-17)30(25,26)24-10-14-28-15-11-24/h2-5H,6-15H2,1H3,(H2,20,22,29)/b21-16+. The van der Waals surface area contributed by atoms with Gasteiger partial charge in [0, 0.05) is 39.3 Å². The number of hydrazone groups is 1. The Kier molecular flexibility index (Phi) is 8.54. The van der Waals surface area contributed by atoms with Gasteiger partial charge in [0.05, 0.1) is 37.0 Å². The minimum atomic E-state index is -3.49. The first-order valence-corrected chi connectivity index (χ1v) is 11.9. The summed E-state index contributed by atoms with van der Waals surface area (Å²) in [5.41, 5.74) is 4.37. The molecule has 0 aliphatic carbocycles. The van der Waals surface area contributed by atoms with E-state index in [-0.39, 0.29) is 4.90 Å². The third-order valence-electron chi connectivity index (χ3n) is 5.02. The van der Waals surface area contributed by atoms with Crippen LogP contribution in [-0.4, -0.2) is 94.1 Å². The molecular formula is C19H29N5O4S2. The minimum Gasteiger partial charge on any atom is -0.379 e. The number of thiocarbonyl (C=S) groups is 1. The van der Waals surface area contributed by atoms with E-state index < -0.39 is 10.0 Å². The number of hydrogen-bond donors (Lipinski definition) is 2. The summed E-state index contributed by atoms with van der Waals surface area (Å²) < 4.78 is 37.4. The Morgan fingerprint density at radius 2 is 1.67 bits per heavy atom. The number of morpholine rings is 2. The fourth-order valence-corrected chi connectivity index (χ4v) is 4.75. The van der Waals surface area contributed by atoms with Gasteiger partial charge in [-0.15, -0.1) is 0 Å². The fourth-order valence-electron chi connectivity index (χ4n) is 3.20. The second-order valence-corrected chi connectivity index (χ2v) is 9.41. The second-order valence-electron chi connectivity index (χ2n) is 7.06. The van der Waals surface area contributed by atoms with E-state index in [4.69, 9.17) is 21.7 Å². The van der Waals surface area contributed by atoms with E-state index in [1.807, 2.05) is 6.92 Å². The second kappa shape index (κ2) is 11.1. The molecule has 3 rings (SSSR count). The van der Waals surface area contributed by atoms with Crippen LogP contribution in [0.3, 0.4) is 0 Å². The lowest BCUT2D eigenvalue weighted by Gasteiger charge is -2.26. The van der Waals surface area contributed by atoms with Gasteiger partial charge in [0.15, 0.2) is 5.11 Å². The van der Waals surface area contributed by atoms with Gasteiger partial charge in [-0.2, -0.15) is 9.41 Å². The Hall–Kier alpha value is -1.63. The van der Waals surface area contributed by atoms with Crippen LogP contribution in [0.4, 0.5) is 0 Å². The van der Waals surface area contributed by atoms with E-state index in [9.17, 15) is 8.42 Å². The molecule has 0 atom stereocenters. The summed E-state index contributed by atoms with van der Waals surface area (Å²) in [6.45, 7) is 8.51. The van der Waals surface area contributed by atoms with Crippen molar-refractivity contribution >= 4 is 33.1 Å². The first-order valence-electron chi connectivity index (χ1n) is 10.0. The van der Waals surface area contributed by atoms with Gasteiger partial charge in [0.25, 0.3) is 0 Å². The zero-order valence-electron chi connectivity index (χ0n) is 17.2. The quantitative estimate of drug-likeness (QED) is 0.343. The largest absolute Gasteiger partial charge is 0.379 e. The number of nitrogens with zero attached hydrogens (tertiary/aromatic N) is 3. The van der Waals surface area contributed by atoms with Crippen LogP contribution in [-0.2, 0) is 19.5 Å². The van der Waals surface area contributed by atoms with E-state index in [0.29, 0.717) is 37.1 Å². The molecule has 1 aromatic carbocycles. The molecule has 2 heterocycles. The molecule has 0 unspecified atom stereocenters. The van der Waals surface area contributed by atoms with Gasteiger partial charge in [0.2, 0.25) is 10.0 Å². The van der Waals surface area contributed by atoms with Crippen molar-refractivity contribution in [3.63, 3.8) is 0 Å². The maximum absolute atomic E-state index is 12.7. The molecule has 0 amide bonds. The molecule has 2 saturated heterocycles. The van der Waals surface area contributed by atoms with Crippen molar-refractivity contribution in [1.29, 1.82) is 0 Å². The summed E-state index contributed by atoms with van der Waals surface area (Å²) in [4.78, 5) is 2.59. The van der Waals surface area contributed by atoms with Crippen molar-refractivity contribution in [3.05, 3.63) is 29.8 Å². The van der Waals surface area contributed by atoms with Crippen molar-refractivity contribution in [3.8, 4) is 0 Å². The Bertz CT molecular complexity index is 833. The van der Waals surface area contributed by atoms with Gasteiger partial charge in [-0.3, -0.25) is 10.3 Å². The van der Waals surface area contributed by atoms with Gasteiger partial charge in [-0.1, -0.05) is 12.1 Å². The van der Waals surface area contributed by atoms with Crippen LogP contribution in [0.5, 0.6) is 0 Å². The molecule has 2 aliphatic rings. The highest BCUT2D eigenvalue weighted by molar-refractivity contribution is 7.89. The molecule has 9 nitrogen and oxygen atoms in total. The topological polar surface area (TPSA) is 95.5 Å². The minimum absolute atomic E-state index is 0.272. The van der Waals surface area contributed by atoms with Crippen LogP contribution < -0.4 is 10.7 Å². The molecule has 2 N–H and O–H groups in total. The zero-order chi connectivity index (χ0) is 21.4. The third-order valence-corrected chi connectivity index (χ3v) is 7.17. The summed E-state index contributed by atoms with van der Waals surface area (Å²) in [5, 5.41) is 7.89. The molecular weight excluding hydrogens is 426 g/mol. The molecule has 1 aromatic rings. The highest BCUT2D eigenvalue weighted by Crippen LogP contribution is 2.18. The maximum atomic E-state index is 12.7. The van der Waals surface area contributed by atoms with Crippen LogP contribution in [0.15, 0.2) is 34.3 Å². The number of nitrogens with one attached hydrogen (secondary N) is 2. The average molecular weight is 456 g/mol. The van der Waals surface area contributed by atoms with Crippen molar-refractivity contribution in [2.75, 3.05) is 65.7 Å². The van der Waals surface area contributed by atoms with Gasteiger partial charge in [-0.25, -0.2) is 8.42 Å². The van der Waals surface area contributed by atoms with E-state index in [1.165, 1.54) is 4.31 Å². The predicted octanol–water partition coefficient (Wildman–Crippen LogP) is 0.228. The van der Waals surface area contributed by atoms with Crippen molar-refractivity contribution < 1.29 is 17.9 Å². The van der Waals surface area contributed by atoms with Crippen LogP contribution >= 0.6 is 12.2 Å². The Balaban J connectivity index is 1.48. The first kappa shape index (κ1) is 23.0. The smallest absolute Gasteiger partial charge is 0.243 e. The van der Waals surface area contributed by atoms with Crippen LogP contribution in [0.1, 0.15) is 12.5 Å². The van der Waals surface area contributed by atoms with E-state index in [1.54, 1.807) is 24.3 Å². The Morgan fingerprint density at radius 3 is 2.30 bits per heavy atom.